The average molecular weight is 278 g/mol. The van der Waals surface area contributed by atoms with Crippen LogP contribution in [0.2, 0.25) is 0 Å². The van der Waals surface area contributed by atoms with Crippen LogP contribution in [0, 0.1) is 12.7 Å². The summed E-state index contributed by atoms with van der Waals surface area (Å²) in [6.07, 6.45) is -0.657. The van der Waals surface area contributed by atoms with Gasteiger partial charge in [0.2, 0.25) is 0 Å². The molecule has 0 saturated carbocycles. The van der Waals surface area contributed by atoms with Crippen molar-refractivity contribution in [2.45, 2.75) is 19.6 Å². The highest BCUT2D eigenvalue weighted by Gasteiger charge is 2.13. The molecule has 5 nitrogen and oxygen atoms in total. The molecule has 108 valence electrons. The van der Waals surface area contributed by atoms with E-state index in [1.54, 1.807) is 12.1 Å². The second-order valence-corrected chi connectivity index (χ2v) is 4.99. The summed E-state index contributed by atoms with van der Waals surface area (Å²) in [5, 5.41) is 18.2. The number of nitrogens with zero attached hydrogens (tertiary/aromatic N) is 4. The first kappa shape index (κ1) is 14.6. The number of likely N-dealkylation sites (N-methyl/N-ethyl adjacent to an activating group) is 1. The van der Waals surface area contributed by atoms with E-state index in [4.69, 9.17) is 0 Å². The fourth-order valence-electron chi connectivity index (χ4n) is 1.98. The SMILES string of the molecule is Cc1nnc(CN(C)CC(O)c2ccc(F)cc2)n1C. The van der Waals surface area contributed by atoms with E-state index < -0.39 is 6.10 Å². The summed E-state index contributed by atoms with van der Waals surface area (Å²) in [7, 11) is 3.81. The van der Waals surface area contributed by atoms with Gasteiger partial charge in [0.15, 0.2) is 0 Å². The molecular formula is C14H19FN4O. The Morgan fingerprint density at radius 2 is 1.95 bits per heavy atom. The maximum Gasteiger partial charge on any atom is 0.146 e. The molecule has 0 spiro atoms. The lowest BCUT2D eigenvalue weighted by Crippen LogP contribution is -2.25. The molecule has 0 aliphatic carbocycles. The van der Waals surface area contributed by atoms with Gasteiger partial charge < -0.3 is 9.67 Å². The van der Waals surface area contributed by atoms with E-state index in [0.29, 0.717) is 18.7 Å². The number of rotatable bonds is 5. The van der Waals surface area contributed by atoms with E-state index in [9.17, 15) is 9.50 Å². The highest BCUT2D eigenvalue weighted by atomic mass is 19.1. The maximum atomic E-state index is 12.8. The van der Waals surface area contributed by atoms with Crippen molar-refractivity contribution in [3.8, 4) is 0 Å². The van der Waals surface area contributed by atoms with Gasteiger partial charge in [-0.2, -0.15) is 0 Å². The predicted octanol–water partition coefficient (Wildman–Crippen LogP) is 1.43. The summed E-state index contributed by atoms with van der Waals surface area (Å²) >= 11 is 0. The van der Waals surface area contributed by atoms with Crippen molar-refractivity contribution in [2.75, 3.05) is 13.6 Å². The molecule has 0 fully saturated rings. The van der Waals surface area contributed by atoms with Gasteiger partial charge in [-0.3, -0.25) is 4.90 Å². The third-order valence-electron chi connectivity index (χ3n) is 3.33. The summed E-state index contributed by atoms with van der Waals surface area (Å²) in [5.41, 5.74) is 0.701. The van der Waals surface area contributed by atoms with E-state index in [-0.39, 0.29) is 5.82 Å². The lowest BCUT2D eigenvalue weighted by molar-refractivity contribution is 0.122. The first-order valence-corrected chi connectivity index (χ1v) is 6.44. The lowest BCUT2D eigenvalue weighted by atomic mass is 10.1. The summed E-state index contributed by atoms with van der Waals surface area (Å²) in [4.78, 5) is 1.96. The number of aromatic nitrogens is 3. The van der Waals surface area contributed by atoms with E-state index in [1.807, 2.05) is 30.5 Å². The van der Waals surface area contributed by atoms with Gasteiger partial charge in [0, 0.05) is 13.6 Å². The van der Waals surface area contributed by atoms with Crippen LogP contribution < -0.4 is 0 Å². The second-order valence-electron chi connectivity index (χ2n) is 4.99. The van der Waals surface area contributed by atoms with Crippen molar-refractivity contribution in [1.82, 2.24) is 19.7 Å². The Balaban J connectivity index is 1.95. The largest absolute Gasteiger partial charge is 0.387 e. The van der Waals surface area contributed by atoms with Gasteiger partial charge in [0.05, 0.1) is 12.6 Å². The smallest absolute Gasteiger partial charge is 0.146 e. The van der Waals surface area contributed by atoms with Crippen LogP contribution in [0.3, 0.4) is 0 Å². The highest BCUT2D eigenvalue weighted by molar-refractivity contribution is 5.18. The summed E-state index contributed by atoms with van der Waals surface area (Å²) in [6.45, 7) is 2.93. The van der Waals surface area contributed by atoms with Crippen molar-refractivity contribution in [3.63, 3.8) is 0 Å². The zero-order valence-corrected chi connectivity index (χ0v) is 11.9. The Morgan fingerprint density at radius 3 is 2.50 bits per heavy atom. The van der Waals surface area contributed by atoms with Gasteiger partial charge in [-0.25, -0.2) is 4.39 Å². The molecule has 0 amide bonds. The summed E-state index contributed by atoms with van der Waals surface area (Å²) in [6, 6.07) is 5.90. The van der Waals surface area contributed by atoms with Gasteiger partial charge in [-0.1, -0.05) is 12.1 Å². The summed E-state index contributed by atoms with van der Waals surface area (Å²) in [5.74, 6) is 1.40. The highest BCUT2D eigenvalue weighted by Crippen LogP contribution is 2.15. The van der Waals surface area contributed by atoms with Crippen molar-refractivity contribution in [1.29, 1.82) is 0 Å². The Labute approximate surface area is 117 Å². The maximum absolute atomic E-state index is 12.8. The van der Waals surface area contributed by atoms with Crippen LogP contribution in [0.1, 0.15) is 23.3 Å². The molecule has 0 bridgehead atoms. The predicted molar refractivity (Wildman–Crippen MR) is 73.4 cm³/mol. The standard InChI is InChI=1S/C14H19FN4O/c1-10-16-17-14(19(10)3)9-18(2)8-13(20)11-4-6-12(15)7-5-11/h4-7,13,20H,8-9H2,1-3H3. The Kier molecular flexibility index (Phi) is 4.46. The molecule has 1 heterocycles. The van der Waals surface area contributed by atoms with E-state index in [1.165, 1.54) is 12.1 Å². The average Bonchev–Trinajstić information content (AvgIpc) is 2.71. The quantitative estimate of drug-likeness (QED) is 0.899. The normalized spacial score (nSPS) is 12.9. The molecule has 20 heavy (non-hydrogen) atoms. The third kappa shape index (κ3) is 3.40. The fourth-order valence-corrected chi connectivity index (χ4v) is 1.98. The minimum Gasteiger partial charge on any atom is -0.387 e. The van der Waals surface area contributed by atoms with Gasteiger partial charge in [-0.05, 0) is 31.7 Å². The van der Waals surface area contributed by atoms with Gasteiger partial charge in [-0.15, -0.1) is 10.2 Å². The zero-order valence-electron chi connectivity index (χ0n) is 11.9. The van der Waals surface area contributed by atoms with Crippen LogP contribution in [0.25, 0.3) is 0 Å². The van der Waals surface area contributed by atoms with Gasteiger partial charge in [0.25, 0.3) is 0 Å². The molecular weight excluding hydrogens is 259 g/mol. The minimum atomic E-state index is -0.657. The number of aliphatic hydroxyl groups excluding tert-OH is 1. The zero-order chi connectivity index (χ0) is 14.7. The number of aryl methyl sites for hydroxylation is 1. The van der Waals surface area contributed by atoms with E-state index in [0.717, 1.165) is 11.6 Å². The molecule has 1 aromatic carbocycles. The number of halogens is 1. The Morgan fingerprint density at radius 1 is 1.30 bits per heavy atom. The molecule has 1 N–H and O–H groups in total. The molecule has 0 aliphatic rings. The number of aliphatic hydroxyl groups is 1. The first-order valence-electron chi connectivity index (χ1n) is 6.44. The number of hydrogen-bond donors (Lipinski definition) is 1. The molecule has 2 rings (SSSR count). The van der Waals surface area contributed by atoms with Crippen molar-refractivity contribution < 1.29 is 9.50 Å². The Hall–Kier alpha value is -1.79. The first-order chi connectivity index (χ1) is 9.47. The monoisotopic (exact) mass is 278 g/mol. The van der Waals surface area contributed by atoms with Crippen LogP contribution in [0.15, 0.2) is 24.3 Å². The molecule has 1 aromatic heterocycles. The van der Waals surface area contributed by atoms with Crippen LogP contribution >= 0.6 is 0 Å². The molecule has 6 heteroatoms. The van der Waals surface area contributed by atoms with Crippen molar-refractivity contribution in [2.24, 2.45) is 7.05 Å². The Bertz CT molecular complexity index is 567. The van der Waals surface area contributed by atoms with Crippen LogP contribution in [0.4, 0.5) is 4.39 Å². The van der Waals surface area contributed by atoms with E-state index in [2.05, 4.69) is 10.2 Å². The molecule has 0 aliphatic heterocycles. The van der Waals surface area contributed by atoms with Crippen molar-refractivity contribution >= 4 is 0 Å². The van der Waals surface area contributed by atoms with Gasteiger partial charge >= 0.3 is 0 Å². The minimum absolute atomic E-state index is 0.302. The van der Waals surface area contributed by atoms with Gasteiger partial charge in [0.1, 0.15) is 17.5 Å². The van der Waals surface area contributed by atoms with Crippen LogP contribution in [-0.4, -0.2) is 38.4 Å². The van der Waals surface area contributed by atoms with Crippen LogP contribution in [-0.2, 0) is 13.6 Å². The molecule has 1 unspecified atom stereocenters. The third-order valence-corrected chi connectivity index (χ3v) is 3.33. The van der Waals surface area contributed by atoms with Crippen LogP contribution in [0.5, 0.6) is 0 Å². The molecule has 0 radical (unpaired) electrons. The lowest BCUT2D eigenvalue weighted by Gasteiger charge is -2.20. The second kappa shape index (κ2) is 6.11. The van der Waals surface area contributed by atoms with E-state index >= 15 is 0 Å². The fraction of sp³-hybridized carbons (Fsp3) is 0.429. The topological polar surface area (TPSA) is 54.2 Å². The molecule has 1 atom stereocenters. The molecule has 2 aromatic rings. The summed E-state index contributed by atoms with van der Waals surface area (Å²) < 4.78 is 14.8. The number of hydrogen-bond acceptors (Lipinski definition) is 4. The van der Waals surface area contributed by atoms with Crippen molar-refractivity contribution in [3.05, 3.63) is 47.3 Å². The molecule has 0 saturated heterocycles. The number of benzene rings is 1.